The van der Waals surface area contributed by atoms with Crippen molar-refractivity contribution in [2.75, 3.05) is 0 Å². The summed E-state index contributed by atoms with van der Waals surface area (Å²) in [5.41, 5.74) is 2.68. The molecule has 5 heteroatoms. The lowest BCUT2D eigenvalue weighted by molar-refractivity contribution is -0.668. The minimum absolute atomic E-state index is 0.351. The van der Waals surface area contributed by atoms with Crippen molar-refractivity contribution in [2.24, 2.45) is 0 Å². The van der Waals surface area contributed by atoms with Gasteiger partial charge in [0.05, 0.1) is 6.20 Å². The van der Waals surface area contributed by atoms with Crippen LogP contribution in [0, 0.1) is 5.21 Å². The lowest BCUT2D eigenvalue weighted by Gasteiger charge is -2.08. The molecule has 0 spiro atoms. The fourth-order valence-corrected chi connectivity index (χ4v) is 2.18. The maximum absolute atomic E-state index is 11.3. The SMILES string of the molecule is [O-][n+]1ccnc(-c2cc(Cl)ccc2-c2ccccc2)n1. The van der Waals surface area contributed by atoms with Crippen LogP contribution >= 0.6 is 11.6 Å². The van der Waals surface area contributed by atoms with Crippen LogP contribution in [-0.4, -0.2) is 10.1 Å². The van der Waals surface area contributed by atoms with Gasteiger partial charge in [0.15, 0.2) is 0 Å². The van der Waals surface area contributed by atoms with Crippen molar-refractivity contribution in [3.63, 3.8) is 0 Å². The Labute approximate surface area is 120 Å². The molecular weight excluding hydrogens is 274 g/mol. The summed E-state index contributed by atoms with van der Waals surface area (Å²) in [4.78, 5) is 4.63. The highest BCUT2D eigenvalue weighted by atomic mass is 35.5. The molecule has 0 aliphatic heterocycles. The monoisotopic (exact) mass is 283 g/mol. The van der Waals surface area contributed by atoms with Crippen LogP contribution in [0.5, 0.6) is 0 Å². The van der Waals surface area contributed by atoms with Crippen molar-refractivity contribution in [3.05, 3.63) is 71.2 Å². The van der Waals surface area contributed by atoms with E-state index in [1.54, 1.807) is 6.07 Å². The van der Waals surface area contributed by atoms with E-state index in [0.717, 1.165) is 16.7 Å². The molecule has 4 nitrogen and oxygen atoms in total. The first kappa shape index (κ1) is 12.6. The minimum atomic E-state index is 0.351. The van der Waals surface area contributed by atoms with Crippen molar-refractivity contribution >= 4 is 11.6 Å². The molecule has 0 fully saturated rings. The van der Waals surface area contributed by atoms with Crippen molar-refractivity contribution in [1.29, 1.82) is 0 Å². The van der Waals surface area contributed by atoms with Crippen LogP contribution in [0.15, 0.2) is 60.9 Å². The summed E-state index contributed by atoms with van der Waals surface area (Å²) in [6, 6.07) is 15.3. The smallest absolute Gasteiger partial charge is 0.229 e. The first-order chi connectivity index (χ1) is 9.74. The van der Waals surface area contributed by atoms with Gasteiger partial charge >= 0.3 is 0 Å². The Hall–Kier alpha value is -2.46. The maximum Gasteiger partial charge on any atom is 0.229 e. The summed E-state index contributed by atoms with van der Waals surface area (Å²) in [7, 11) is 0. The average molecular weight is 284 g/mol. The summed E-state index contributed by atoms with van der Waals surface area (Å²) in [6.45, 7) is 0. The summed E-state index contributed by atoms with van der Waals surface area (Å²) in [6.07, 6.45) is 2.67. The van der Waals surface area contributed by atoms with Gasteiger partial charge in [0, 0.05) is 15.7 Å². The number of benzene rings is 2. The number of rotatable bonds is 2. The molecule has 0 N–H and O–H groups in total. The van der Waals surface area contributed by atoms with E-state index < -0.39 is 0 Å². The molecule has 3 aromatic rings. The van der Waals surface area contributed by atoms with Crippen LogP contribution < -0.4 is 4.85 Å². The lowest BCUT2D eigenvalue weighted by Crippen LogP contribution is -2.31. The van der Waals surface area contributed by atoms with Crippen molar-refractivity contribution in [1.82, 2.24) is 10.1 Å². The highest BCUT2D eigenvalue weighted by Gasteiger charge is 2.13. The molecule has 0 unspecified atom stereocenters. The minimum Gasteiger partial charge on any atom is -0.594 e. The number of hydrogen-bond acceptors (Lipinski definition) is 3. The Balaban J connectivity index is 2.22. The van der Waals surface area contributed by atoms with Crippen LogP contribution in [0.4, 0.5) is 0 Å². The Morgan fingerprint density at radius 2 is 1.80 bits per heavy atom. The van der Waals surface area contributed by atoms with Gasteiger partial charge in [0.1, 0.15) is 0 Å². The van der Waals surface area contributed by atoms with E-state index in [0.29, 0.717) is 15.7 Å². The zero-order valence-corrected chi connectivity index (χ0v) is 11.2. The largest absolute Gasteiger partial charge is 0.594 e. The molecule has 0 radical (unpaired) electrons. The van der Waals surface area contributed by atoms with Gasteiger partial charge in [-0.1, -0.05) is 52.8 Å². The summed E-state index contributed by atoms with van der Waals surface area (Å²) >= 11 is 6.05. The van der Waals surface area contributed by atoms with Crippen LogP contribution in [0.25, 0.3) is 22.5 Å². The van der Waals surface area contributed by atoms with Gasteiger partial charge in [-0.15, -0.1) is 0 Å². The molecule has 1 heterocycles. The van der Waals surface area contributed by atoms with Crippen molar-refractivity contribution in [2.45, 2.75) is 0 Å². The predicted molar refractivity (Wildman–Crippen MR) is 76.9 cm³/mol. The van der Waals surface area contributed by atoms with Gasteiger partial charge in [-0.05, 0) is 23.3 Å². The number of nitrogens with zero attached hydrogens (tertiary/aromatic N) is 3. The number of halogens is 1. The van der Waals surface area contributed by atoms with Crippen molar-refractivity contribution in [3.8, 4) is 22.5 Å². The molecule has 0 bridgehead atoms. The second kappa shape index (κ2) is 5.27. The molecule has 0 aliphatic carbocycles. The molecule has 3 rings (SSSR count). The zero-order chi connectivity index (χ0) is 13.9. The molecule has 0 aliphatic rings. The molecule has 0 saturated heterocycles. The van der Waals surface area contributed by atoms with Crippen LogP contribution in [0.1, 0.15) is 0 Å². The third-order valence-electron chi connectivity index (χ3n) is 2.89. The second-order valence-electron chi connectivity index (χ2n) is 4.21. The topological polar surface area (TPSA) is 52.7 Å². The van der Waals surface area contributed by atoms with Gasteiger partial charge in [-0.2, -0.15) is 0 Å². The van der Waals surface area contributed by atoms with Crippen LogP contribution in [0.3, 0.4) is 0 Å². The zero-order valence-electron chi connectivity index (χ0n) is 10.4. The van der Waals surface area contributed by atoms with Gasteiger partial charge in [-0.3, -0.25) is 0 Å². The van der Waals surface area contributed by atoms with E-state index >= 15 is 0 Å². The third kappa shape index (κ3) is 2.46. The maximum atomic E-state index is 11.3. The Bertz CT molecular complexity index is 747. The summed E-state index contributed by atoms with van der Waals surface area (Å²) < 4.78 is 0. The van der Waals surface area contributed by atoms with E-state index in [2.05, 4.69) is 10.1 Å². The molecule has 0 atom stereocenters. The van der Waals surface area contributed by atoms with Crippen LogP contribution in [0.2, 0.25) is 5.02 Å². The third-order valence-corrected chi connectivity index (χ3v) is 3.13. The predicted octanol–water partition coefficient (Wildman–Crippen LogP) is 3.10. The summed E-state index contributed by atoms with van der Waals surface area (Å²) in [5, 5.41) is 15.8. The molecule has 20 heavy (non-hydrogen) atoms. The van der Waals surface area contributed by atoms with E-state index in [1.165, 1.54) is 12.4 Å². The lowest BCUT2D eigenvalue weighted by atomic mass is 9.99. The van der Waals surface area contributed by atoms with Gasteiger partial charge in [0.25, 0.3) is 0 Å². The first-order valence-corrected chi connectivity index (χ1v) is 6.40. The van der Waals surface area contributed by atoms with Crippen LogP contribution in [-0.2, 0) is 0 Å². The second-order valence-corrected chi connectivity index (χ2v) is 4.65. The fourth-order valence-electron chi connectivity index (χ4n) is 2.01. The van der Waals surface area contributed by atoms with Gasteiger partial charge < -0.3 is 5.21 Å². The Morgan fingerprint density at radius 1 is 1.00 bits per heavy atom. The molecular formula is C15H10ClN3O. The normalized spacial score (nSPS) is 10.4. The highest BCUT2D eigenvalue weighted by molar-refractivity contribution is 6.31. The number of hydrogen-bond donors (Lipinski definition) is 0. The van der Waals surface area contributed by atoms with E-state index in [-0.39, 0.29) is 0 Å². The fraction of sp³-hybridized carbons (Fsp3) is 0. The Kier molecular flexibility index (Phi) is 3.31. The number of aromatic nitrogens is 3. The van der Waals surface area contributed by atoms with Crippen molar-refractivity contribution < 1.29 is 4.85 Å². The standard InChI is InChI=1S/C15H10ClN3O/c16-12-6-7-13(11-4-2-1-3-5-11)14(10-12)15-17-8-9-19(20)18-15/h1-10H. The Morgan fingerprint density at radius 3 is 2.55 bits per heavy atom. The molecule has 2 aromatic carbocycles. The molecule has 98 valence electrons. The van der Waals surface area contributed by atoms with Gasteiger partial charge in [-0.25, -0.2) is 4.98 Å². The van der Waals surface area contributed by atoms with Gasteiger partial charge in [0.2, 0.25) is 12.0 Å². The molecule has 1 aromatic heterocycles. The molecule has 0 amide bonds. The molecule has 0 saturated carbocycles. The highest BCUT2D eigenvalue weighted by Crippen LogP contribution is 2.31. The van der Waals surface area contributed by atoms with E-state index in [9.17, 15) is 5.21 Å². The van der Waals surface area contributed by atoms with E-state index in [4.69, 9.17) is 11.6 Å². The summed E-state index contributed by atoms with van der Waals surface area (Å²) in [5.74, 6) is 0.351. The quantitative estimate of drug-likeness (QED) is 0.536. The first-order valence-electron chi connectivity index (χ1n) is 6.02. The average Bonchev–Trinajstić information content (AvgIpc) is 2.48. The van der Waals surface area contributed by atoms with E-state index in [1.807, 2.05) is 42.5 Å².